The monoisotopic (exact) mass is 358 g/mol. The standard InChI is InChI=1S/C25H30N2/c1-3-5-13-24-20(18-11-7-9-15-22(18)26-24)17-21-19-12-8-10-16-23(19)27-25(21)14-6-4-2/h7-12,15-16,26-27H,3-6,13-14,17H2,1-2H3. The Labute approximate surface area is 162 Å². The van der Waals surface area contributed by atoms with Gasteiger partial charge in [-0.25, -0.2) is 0 Å². The molecule has 0 unspecified atom stereocenters. The molecule has 2 aromatic heterocycles. The zero-order chi connectivity index (χ0) is 18.6. The highest BCUT2D eigenvalue weighted by molar-refractivity contribution is 5.88. The lowest BCUT2D eigenvalue weighted by Crippen LogP contribution is -1.98. The number of aromatic amines is 2. The Hall–Kier alpha value is -2.48. The number of H-pyrrole nitrogens is 2. The SMILES string of the molecule is CCCCc1[nH]c2ccccc2c1Cc1c(CCCC)[nH]c2ccccc12. The van der Waals surface area contributed by atoms with Gasteiger partial charge in [0.1, 0.15) is 0 Å². The van der Waals surface area contributed by atoms with E-state index in [0.29, 0.717) is 0 Å². The Kier molecular flexibility index (Phi) is 5.33. The molecule has 0 aliphatic rings. The van der Waals surface area contributed by atoms with E-state index in [1.54, 1.807) is 0 Å². The number of hydrogen-bond acceptors (Lipinski definition) is 0. The van der Waals surface area contributed by atoms with Gasteiger partial charge in [-0.05, 0) is 48.9 Å². The number of aromatic nitrogens is 2. The zero-order valence-corrected chi connectivity index (χ0v) is 16.6. The molecule has 0 aliphatic heterocycles. The minimum absolute atomic E-state index is 1.01. The predicted octanol–water partition coefficient (Wildman–Crippen LogP) is 6.93. The average Bonchev–Trinajstić information content (AvgIpc) is 3.23. The van der Waals surface area contributed by atoms with Gasteiger partial charge in [0.05, 0.1) is 0 Å². The van der Waals surface area contributed by atoms with Gasteiger partial charge in [0.15, 0.2) is 0 Å². The summed E-state index contributed by atoms with van der Waals surface area (Å²) in [4.78, 5) is 7.42. The molecule has 0 saturated carbocycles. The first-order chi connectivity index (χ1) is 13.3. The molecule has 4 rings (SSSR count). The van der Waals surface area contributed by atoms with E-state index in [0.717, 1.165) is 19.3 Å². The molecule has 2 nitrogen and oxygen atoms in total. The van der Waals surface area contributed by atoms with E-state index in [2.05, 4.69) is 72.3 Å². The molecular formula is C25H30N2. The van der Waals surface area contributed by atoms with Crippen LogP contribution in [-0.4, -0.2) is 9.97 Å². The smallest absolute Gasteiger partial charge is 0.0459 e. The van der Waals surface area contributed by atoms with Crippen molar-refractivity contribution in [2.24, 2.45) is 0 Å². The number of unbranched alkanes of at least 4 members (excludes halogenated alkanes) is 2. The van der Waals surface area contributed by atoms with Crippen LogP contribution >= 0.6 is 0 Å². The van der Waals surface area contributed by atoms with Crippen molar-refractivity contribution in [1.29, 1.82) is 0 Å². The summed E-state index contributed by atoms with van der Waals surface area (Å²) in [6.45, 7) is 4.54. The van der Waals surface area contributed by atoms with E-state index in [1.165, 1.54) is 70.0 Å². The fourth-order valence-corrected chi connectivity index (χ4v) is 4.23. The second-order valence-electron chi connectivity index (χ2n) is 7.64. The van der Waals surface area contributed by atoms with Crippen LogP contribution in [0, 0.1) is 0 Å². The fourth-order valence-electron chi connectivity index (χ4n) is 4.23. The number of hydrogen-bond donors (Lipinski definition) is 2. The van der Waals surface area contributed by atoms with Crippen molar-refractivity contribution < 1.29 is 0 Å². The third kappa shape index (κ3) is 3.53. The third-order valence-electron chi connectivity index (χ3n) is 5.72. The van der Waals surface area contributed by atoms with Gasteiger partial charge in [-0.15, -0.1) is 0 Å². The van der Waals surface area contributed by atoms with Gasteiger partial charge in [0, 0.05) is 39.6 Å². The molecule has 0 spiro atoms. The van der Waals surface area contributed by atoms with Crippen LogP contribution in [0.25, 0.3) is 21.8 Å². The second-order valence-corrected chi connectivity index (χ2v) is 7.64. The van der Waals surface area contributed by atoms with Crippen LogP contribution in [0.5, 0.6) is 0 Å². The molecule has 2 aromatic carbocycles. The van der Waals surface area contributed by atoms with Crippen molar-refractivity contribution in [2.45, 2.75) is 58.8 Å². The maximum absolute atomic E-state index is 3.71. The van der Waals surface area contributed by atoms with E-state index in [-0.39, 0.29) is 0 Å². The summed E-state index contributed by atoms with van der Waals surface area (Å²) < 4.78 is 0. The zero-order valence-electron chi connectivity index (χ0n) is 16.6. The summed E-state index contributed by atoms with van der Waals surface area (Å²) in [5, 5.41) is 2.77. The molecule has 0 saturated heterocycles. The first-order valence-corrected chi connectivity index (χ1v) is 10.5. The summed E-state index contributed by atoms with van der Waals surface area (Å²) in [5.74, 6) is 0. The molecule has 0 radical (unpaired) electrons. The summed E-state index contributed by atoms with van der Waals surface area (Å²) >= 11 is 0. The number of nitrogens with one attached hydrogen (secondary N) is 2. The third-order valence-corrected chi connectivity index (χ3v) is 5.72. The van der Waals surface area contributed by atoms with Gasteiger partial charge in [-0.2, -0.15) is 0 Å². The van der Waals surface area contributed by atoms with Crippen LogP contribution in [0.3, 0.4) is 0 Å². The average molecular weight is 359 g/mol. The van der Waals surface area contributed by atoms with Gasteiger partial charge in [-0.1, -0.05) is 63.1 Å². The molecule has 2 heteroatoms. The molecular weight excluding hydrogens is 328 g/mol. The highest BCUT2D eigenvalue weighted by Crippen LogP contribution is 2.31. The van der Waals surface area contributed by atoms with E-state index in [4.69, 9.17) is 0 Å². The molecule has 4 aromatic rings. The van der Waals surface area contributed by atoms with Crippen molar-refractivity contribution in [1.82, 2.24) is 9.97 Å². The fraction of sp³-hybridized carbons (Fsp3) is 0.360. The highest BCUT2D eigenvalue weighted by Gasteiger charge is 2.17. The van der Waals surface area contributed by atoms with Crippen molar-refractivity contribution in [3.63, 3.8) is 0 Å². The van der Waals surface area contributed by atoms with Crippen LogP contribution in [-0.2, 0) is 19.3 Å². The number of rotatable bonds is 8. The van der Waals surface area contributed by atoms with Gasteiger partial charge in [0.2, 0.25) is 0 Å². The van der Waals surface area contributed by atoms with Gasteiger partial charge >= 0.3 is 0 Å². The summed E-state index contributed by atoms with van der Waals surface area (Å²) in [5.41, 5.74) is 8.36. The number of para-hydroxylation sites is 2. The maximum atomic E-state index is 3.71. The van der Waals surface area contributed by atoms with Crippen LogP contribution in [0.4, 0.5) is 0 Å². The molecule has 0 amide bonds. The molecule has 0 fully saturated rings. The van der Waals surface area contributed by atoms with Crippen LogP contribution in [0.1, 0.15) is 62.0 Å². The lowest BCUT2D eigenvalue weighted by Gasteiger charge is -2.08. The Morgan fingerprint density at radius 1 is 0.630 bits per heavy atom. The Morgan fingerprint density at radius 3 is 1.52 bits per heavy atom. The summed E-state index contributed by atoms with van der Waals surface area (Å²) in [6, 6.07) is 17.6. The maximum Gasteiger partial charge on any atom is 0.0459 e. The van der Waals surface area contributed by atoms with Gasteiger partial charge in [0.25, 0.3) is 0 Å². The molecule has 140 valence electrons. The van der Waals surface area contributed by atoms with E-state index < -0.39 is 0 Å². The van der Waals surface area contributed by atoms with E-state index >= 15 is 0 Å². The Morgan fingerprint density at radius 2 is 1.07 bits per heavy atom. The predicted molar refractivity (Wildman–Crippen MR) is 117 cm³/mol. The van der Waals surface area contributed by atoms with E-state index in [9.17, 15) is 0 Å². The first-order valence-electron chi connectivity index (χ1n) is 10.5. The van der Waals surface area contributed by atoms with E-state index in [1.807, 2.05) is 0 Å². The number of benzene rings is 2. The van der Waals surface area contributed by atoms with Crippen LogP contribution < -0.4 is 0 Å². The van der Waals surface area contributed by atoms with Crippen molar-refractivity contribution in [3.05, 3.63) is 71.0 Å². The molecule has 0 aliphatic carbocycles. The lowest BCUT2D eigenvalue weighted by atomic mass is 9.96. The number of fused-ring (bicyclic) bond motifs is 2. The Balaban J connectivity index is 1.81. The topological polar surface area (TPSA) is 31.6 Å². The second kappa shape index (κ2) is 8.04. The highest BCUT2D eigenvalue weighted by atomic mass is 14.7. The minimum Gasteiger partial charge on any atom is -0.358 e. The molecule has 2 heterocycles. The van der Waals surface area contributed by atoms with Crippen LogP contribution in [0.15, 0.2) is 48.5 Å². The molecule has 0 atom stereocenters. The normalized spacial score (nSPS) is 11.6. The minimum atomic E-state index is 1.01. The summed E-state index contributed by atoms with van der Waals surface area (Å²) in [7, 11) is 0. The van der Waals surface area contributed by atoms with Gasteiger partial charge < -0.3 is 9.97 Å². The van der Waals surface area contributed by atoms with Gasteiger partial charge in [-0.3, -0.25) is 0 Å². The lowest BCUT2D eigenvalue weighted by molar-refractivity contribution is 0.769. The largest absolute Gasteiger partial charge is 0.358 e. The quantitative estimate of drug-likeness (QED) is 0.342. The molecule has 2 N–H and O–H groups in total. The van der Waals surface area contributed by atoms with Crippen molar-refractivity contribution in [2.75, 3.05) is 0 Å². The molecule has 0 bridgehead atoms. The Bertz CT molecular complexity index is 951. The van der Waals surface area contributed by atoms with Crippen LogP contribution in [0.2, 0.25) is 0 Å². The number of aryl methyl sites for hydroxylation is 2. The molecule has 27 heavy (non-hydrogen) atoms. The first kappa shape index (κ1) is 17.9. The van der Waals surface area contributed by atoms with Crippen molar-refractivity contribution >= 4 is 21.8 Å². The van der Waals surface area contributed by atoms with Crippen molar-refractivity contribution in [3.8, 4) is 0 Å². The summed E-state index contributed by atoms with van der Waals surface area (Å²) in [6.07, 6.45) is 8.19.